The molecular formula is C25H25FN6O. The number of amides is 1. The minimum atomic E-state index is -0.488. The summed E-state index contributed by atoms with van der Waals surface area (Å²) in [6.45, 7) is 5.46. The molecule has 33 heavy (non-hydrogen) atoms. The Morgan fingerprint density at radius 2 is 2.06 bits per heavy atom. The predicted molar refractivity (Wildman–Crippen MR) is 125 cm³/mol. The predicted octanol–water partition coefficient (Wildman–Crippen LogP) is 3.95. The van der Waals surface area contributed by atoms with Crippen LogP contribution in [0.2, 0.25) is 0 Å². The molecule has 5 rings (SSSR count). The number of aromatic nitrogens is 4. The van der Waals surface area contributed by atoms with Crippen molar-refractivity contribution < 1.29 is 9.18 Å². The molecular weight excluding hydrogens is 419 g/mol. The van der Waals surface area contributed by atoms with Crippen LogP contribution in [0.4, 0.5) is 10.2 Å². The summed E-state index contributed by atoms with van der Waals surface area (Å²) in [5, 5.41) is 7.65. The van der Waals surface area contributed by atoms with E-state index in [0.29, 0.717) is 29.1 Å². The second-order valence-corrected chi connectivity index (χ2v) is 8.47. The van der Waals surface area contributed by atoms with Gasteiger partial charge in [0.05, 0.1) is 12.2 Å². The van der Waals surface area contributed by atoms with Crippen molar-refractivity contribution in [2.75, 3.05) is 18.0 Å². The average molecular weight is 445 g/mol. The molecule has 0 aliphatic carbocycles. The zero-order valence-electron chi connectivity index (χ0n) is 18.6. The highest BCUT2D eigenvalue weighted by atomic mass is 19.1. The molecule has 1 amide bonds. The molecule has 1 aliphatic heterocycles. The van der Waals surface area contributed by atoms with Crippen LogP contribution < -0.4 is 10.2 Å². The Morgan fingerprint density at radius 3 is 2.82 bits per heavy atom. The minimum absolute atomic E-state index is 0.0466. The molecule has 3 aromatic heterocycles. The van der Waals surface area contributed by atoms with Crippen molar-refractivity contribution in [3.05, 3.63) is 77.6 Å². The Hall–Kier alpha value is -3.65. The Balaban J connectivity index is 1.52. The van der Waals surface area contributed by atoms with Crippen LogP contribution >= 0.6 is 0 Å². The van der Waals surface area contributed by atoms with E-state index in [1.165, 1.54) is 6.07 Å². The third-order valence-corrected chi connectivity index (χ3v) is 6.06. The van der Waals surface area contributed by atoms with Crippen molar-refractivity contribution >= 4 is 17.4 Å². The lowest BCUT2D eigenvalue weighted by Gasteiger charge is -2.34. The number of nitrogens with one attached hydrogen (secondary N) is 1. The number of piperidine rings is 1. The topological polar surface area (TPSA) is 75.4 Å². The van der Waals surface area contributed by atoms with Gasteiger partial charge in [0.2, 0.25) is 0 Å². The van der Waals surface area contributed by atoms with E-state index in [0.717, 1.165) is 30.5 Å². The quantitative estimate of drug-likeness (QED) is 0.516. The number of hydrogen-bond acceptors (Lipinski definition) is 5. The molecule has 1 aromatic carbocycles. The van der Waals surface area contributed by atoms with Crippen molar-refractivity contribution in [3.63, 3.8) is 0 Å². The Kier molecular flexibility index (Phi) is 5.60. The maximum atomic E-state index is 15.3. The van der Waals surface area contributed by atoms with E-state index >= 15 is 4.39 Å². The molecule has 0 spiro atoms. The Labute approximate surface area is 191 Å². The molecule has 4 heterocycles. The molecule has 1 fully saturated rings. The fraction of sp³-hybridized carbons (Fsp3) is 0.280. The second kappa shape index (κ2) is 8.71. The maximum Gasteiger partial charge on any atom is 0.259 e. The number of nitrogens with zero attached hydrogens (tertiary/aromatic N) is 5. The Bertz CT molecular complexity index is 1330. The summed E-state index contributed by atoms with van der Waals surface area (Å²) in [7, 11) is 0. The van der Waals surface area contributed by atoms with E-state index < -0.39 is 5.82 Å². The number of benzene rings is 1. The molecule has 7 nitrogen and oxygen atoms in total. The first kappa shape index (κ1) is 21.2. The summed E-state index contributed by atoms with van der Waals surface area (Å²) >= 11 is 0. The van der Waals surface area contributed by atoms with Gasteiger partial charge in [0.15, 0.2) is 5.65 Å². The molecule has 1 saturated heterocycles. The number of fused-ring (bicyclic) bond motifs is 1. The molecule has 1 N–H and O–H groups in total. The standard InChI is InChI=1S/C25H25FN6O/c1-16-12-29-24-21(14-30-31(24)15-16)20-8-7-18(11-22(20)26)25(33)32(19-6-4-9-27-13-19)23-17(2)5-3-10-28-23/h3,5,7-8,10-12,14-15,19,27H,4,6,9,13H2,1-2H3. The monoisotopic (exact) mass is 444 g/mol. The molecule has 1 atom stereocenters. The van der Waals surface area contributed by atoms with Gasteiger partial charge in [-0.1, -0.05) is 12.1 Å². The van der Waals surface area contributed by atoms with Crippen molar-refractivity contribution in [3.8, 4) is 11.1 Å². The summed E-state index contributed by atoms with van der Waals surface area (Å²) in [6.07, 6.45) is 8.67. The fourth-order valence-corrected chi connectivity index (χ4v) is 4.38. The highest BCUT2D eigenvalue weighted by Crippen LogP contribution is 2.29. The smallest absolute Gasteiger partial charge is 0.259 e. The third kappa shape index (κ3) is 3.98. The number of carbonyl (C=O) groups excluding carboxylic acids is 1. The first-order chi connectivity index (χ1) is 16.0. The van der Waals surface area contributed by atoms with Gasteiger partial charge < -0.3 is 5.32 Å². The van der Waals surface area contributed by atoms with Crippen LogP contribution in [0.15, 0.2) is 55.1 Å². The summed E-state index contributed by atoms with van der Waals surface area (Å²) < 4.78 is 16.9. The zero-order chi connectivity index (χ0) is 22.9. The first-order valence-electron chi connectivity index (χ1n) is 11.1. The van der Waals surface area contributed by atoms with Gasteiger partial charge in [-0.25, -0.2) is 18.9 Å². The minimum Gasteiger partial charge on any atom is -0.315 e. The Morgan fingerprint density at radius 1 is 1.18 bits per heavy atom. The van der Waals surface area contributed by atoms with Gasteiger partial charge in [0.1, 0.15) is 11.6 Å². The molecule has 168 valence electrons. The largest absolute Gasteiger partial charge is 0.315 e. The number of carbonyl (C=O) groups is 1. The molecule has 0 bridgehead atoms. The van der Waals surface area contributed by atoms with Crippen LogP contribution in [0, 0.1) is 19.7 Å². The van der Waals surface area contributed by atoms with Gasteiger partial charge >= 0.3 is 0 Å². The number of rotatable bonds is 4. The van der Waals surface area contributed by atoms with Gasteiger partial charge in [-0.2, -0.15) is 5.10 Å². The van der Waals surface area contributed by atoms with Gasteiger partial charge in [-0.3, -0.25) is 9.69 Å². The lowest BCUT2D eigenvalue weighted by molar-refractivity contribution is 0.0971. The highest BCUT2D eigenvalue weighted by Gasteiger charge is 2.30. The SMILES string of the molecule is Cc1cnc2c(-c3ccc(C(=O)N(c4ncccc4C)C4CCCNC4)cc3F)cnn2c1. The van der Waals surface area contributed by atoms with Crippen molar-refractivity contribution in [2.24, 2.45) is 0 Å². The second-order valence-electron chi connectivity index (χ2n) is 8.47. The van der Waals surface area contributed by atoms with Crippen LogP contribution in [0.1, 0.15) is 34.3 Å². The molecule has 0 saturated carbocycles. The van der Waals surface area contributed by atoms with Crippen LogP contribution in [-0.2, 0) is 0 Å². The normalized spacial score (nSPS) is 16.2. The average Bonchev–Trinajstić information content (AvgIpc) is 3.23. The van der Waals surface area contributed by atoms with Crippen molar-refractivity contribution in [1.82, 2.24) is 24.9 Å². The number of anilines is 1. The third-order valence-electron chi connectivity index (χ3n) is 6.06. The van der Waals surface area contributed by atoms with E-state index in [1.54, 1.807) is 40.1 Å². The highest BCUT2D eigenvalue weighted by molar-refractivity contribution is 6.06. The summed E-state index contributed by atoms with van der Waals surface area (Å²) in [5.41, 5.74) is 3.66. The molecule has 1 unspecified atom stereocenters. The lowest BCUT2D eigenvalue weighted by atomic mass is 10.0. The summed E-state index contributed by atoms with van der Waals surface area (Å²) in [4.78, 5) is 24.3. The first-order valence-corrected chi connectivity index (χ1v) is 11.1. The number of hydrogen-bond donors (Lipinski definition) is 1. The fourth-order valence-electron chi connectivity index (χ4n) is 4.38. The lowest BCUT2D eigenvalue weighted by Crippen LogP contribution is -2.49. The molecule has 1 aliphatic rings. The number of halogens is 1. The van der Waals surface area contributed by atoms with E-state index in [2.05, 4.69) is 20.4 Å². The van der Waals surface area contributed by atoms with Gasteiger partial charge in [-0.15, -0.1) is 0 Å². The van der Waals surface area contributed by atoms with E-state index in [1.807, 2.05) is 32.2 Å². The van der Waals surface area contributed by atoms with Crippen LogP contribution in [0.5, 0.6) is 0 Å². The molecule has 0 radical (unpaired) electrons. The van der Waals surface area contributed by atoms with Gasteiger partial charge in [0.25, 0.3) is 5.91 Å². The summed E-state index contributed by atoms with van der Waals surface area (Å²) in [6, 6.07) is 8.33. The van der Waals surface area contributed by atoms with E-state index in [4.69, 9.17) is 0 Å². The number of pyridine rings is 1. The van der Waals surface area contributed by atoms with Crippen molar-refractivity contribution in [2.45, 2.75) is 32.7 Å². The van der Waals surface area contributed by atoms with Gasteiger partial charge in [-0.05, 0) is 62.6 Å². The van der Waals surface area contributed by atoms with Crippen molar-refractivity contribution in [1.29, 1.82) is 0 Å². The van der Waals surface area contributed by atoms with Crippen LogP contribution in [0.3, 0.4) is 0 Å². The van der Waals surface area contributed by atoms with E-state index in [9.17, 15) is 4.79 Å². The zero-order valence-corrected chi connectivity index (χ0v) is 18.6. The van der Waals surface area contributed by atoms with Crippen LogP contribution in [-0.4, -0.2) is 44.6 Å². The van der Waals surface area contributed by atoms with Crippen LogP contribution in [0.25, 0.3) is 16.8 Å². The molecule has 4 aromatic rings. The maximum absolute atomic E-state index is 15.3. The van der Waals surface area contributed by atoms with E-state index in [-0.39, 0.29) is 17.5 Å². The summed E-state index contributed by atoms with van der Waals surface area (Å²) in [5.74, 6) is -0.134. The molecule has 8 heteroatoms. The van der Waals surface area contributed by atoms with Gasteiger partial charge in [0, 0.05) is 41.8 Å². The number of aryl methyl sites for hydroxylation is 2.